The number of hydrogen-bond acceptors (Lipinski definition) is 4. The average Bonchev–Trinajstić information content (AvgIpc) is 2.25. The van der Waals surface area contributed by atoms with E-state index in [-0.39, 0.29) is 0 Å². The van der Waals surface area contributed by atoms with E-state index in [0.29, 0.717) is 5.69 Å². The molecule has 0 aliphatic rings. The molecule has 14 heavy (non-hydrogen) atoms. The highest BCUT2D eigenvalue weighted by Crippen LogP contribution is 2.09. The predicted octanol–water partition coefficient (Wildman–Crippen LogP) is 1.83. The van der Waals surface area contributed by atoms with Gasteiger partial charge in [-0.15, -0.1) is 5.53 Å². The number of aromatic nitrogens is 2. The molecule has 0 saturated carbocycles. The summed E-state index contributed by atoms with van der Waals surface area (Å²) in [5.41, 5.74) is 13.3. The van der Waals surface area contributed by atoms with Gasteiger partial charge in [0.1, 0.15) is 15.7 Å². The summed E-state index contributed by atoms with van der Waals surface area (Å²) in [6.45, 7) is 0. The van der Waals surface area contributed by atoms with Crippen LogP contribution in [0.4, 0.5) is 5.69 Å². The van der Waals surface area contributed by atoms with Gasteiger partial charge in [-0.25, -0.2) is 0 Å². The molecule has 10 nitrogen and oxygen atoms in total. The predicted molar refractivity (Wildman–Crippen MR) is 39.5 cm³/mol. The Labute approximate surface area is 77.3 Å². The Morgan fingerprint density at radius 2 is 2.07 bits per heavy atom. The second-order valence-electron chi connectivity index (χ2n) is 1.86. The van der Waals surface area contributed by atoms with E-state index in [1.165, 1.54) is 18.5 Å². The van der Waals surface area contributed by atoms with Crippen LogP contribution in [0.25, 0.3) is 0 Å². The van der Waals surface area contributed by atoms with Gasteiger partial charge < -0.3 is 0 Å². The van der Waals surface area contributed by atoms with Crippen LogP contribution < -0.4 is 0 Å². The monoisotopic (exact) mass is 193 g/mol. The number of hydrogen-bond donors (Lipinski definition) is 2. The molecular weight excluding hydrogens is 188 g/mol. The molecule has 1 rings (SSSR count). The minimum absolute atomic E-state index is 0.406. The lowest BCUT2D eigenvalue weighted by Crippen LogP contribution is -1.92. The van der Waals surface area contributed by atoms with Crippen molar-refractivity contribution < 1.29 is 4.81 Å². The van der Waals surface area contributed by atoms with Crippen molar-refractivity contribution >= 4 is 5.69 Å². The van der Waals surface area contributed by atoms with Crippen molar-refractivity contribution in [1.82, 2.24) is 10.2 Å². The molecule has 0 radical (unpaired) electrons. The molecule has 0 atom stereocenters. The lowest BCUT2D eigenvalue weighted by Gasteiger charge is -1.89. The van der Waals surface area contributed by atoms with Crippen LogP contribution in [-0.2, 0) is 0 Å². The molecule has 10 heteroatoms. The van der Waals surface area contributed by atoms with Crippen molar-refractivity contribution in [3.63, 3.8) is 0 Å². The molecule has 0 unspecified atom stereocenters. The molecule has 0 aliphatic heterocycles. The second kappa shape index (κ2) is 5.18. The molecule has 2 N–H and O–H groups in total. The SMILES string of the molecule is N=NN=N[N+](=NN=N)c1ccnnc1. The first-order valence-electron chi connectivity index (χ1n) is 3.30. The number of nitrogens with one attached hydrogen (secondary N) is 2. The topological polar surface area (TPSA) is 138 Å². The Bertz CT molecular complexity index is 365. The fraction of sp³-hybridized carbons (Fsp3) is 0. The normalized spacial score (nSPS) is 11.6. The van der Waals surface area contributed by atoms with Gasteiger partial charge in [0.15, 0.2) is 10.9 Å². The summed E-state index contributed by atoms with van der Waals surface area (Å²) in [6, 6.07) is 1.53. The fourth-order valence-corrected chi connectivity index (χ4v) is 0.623. The Morgan fingerprint density at radius 1 is 1.21 bits per heavy atom. The van der Waals surface area contributed by atoms with Crippen LogP contribution in [0.15, 0.2) is 44.6 Å². The minimum Gasteiger partial charge on any atom is -0.168 e. The first-order chi connectivity index (χ1) is 6.88. The smallest absolute Gasteiger partial charge is 0.168 e. The van der Waals surface area contributed by atoms with E-state index in [2.05, 4.69) is 36.3 Å². The van der Waals surface area contributed by atoms with Gasteiger partial charge in [0.2, 0.25) is 0 Å². The molecule has 0 aliphatic carbocycles. The molecule has 0 fully saturated rings. The summed E-state index contributed by atoms with van der Waals surface area (Å²) in [5.74, 6) is 0. The van der Waals surface area contributed by atoms with Crippen molar-refractivity contribution in [2.24, 2.45) is 26.1 Å². The number of nitrogens with zero attached hydrogens (tertiary/aromatic N) is 8. The van der Waals surface area contributed by atoms with Gasteiger partial charge in [-0.2, -0.15) is 15.7 Å². The highest BCUT2D eigenvalue weighted by Gasteiger charge is 2.04. The maximum atomic E-state index is 6.52. The van der Waals surface area contributed by atoms with Crippen molar-refractivity contribution in [3.8, 4) is 0 Å². The van der Waals surface area contributed by atoms with Gasteiger partial charge >= 0.3 is 0 Å². The molecule has 0 bridgehead atoms. The van der Waals surface area contributed by atoms with Crippen LogP contribution in [0.1, 0.15) is 0 Å². The quantitative estimate of drug-likeness (QED) is 0.428. The van der Waals surface area contributed by atoms with Gasteiger partial charge in [-0.3, -0.25) is 0 Å². The molecule has 0 saturated heterocycles. The van der Waals surface area contributed by atoms with Gasteiger partial charge in [0, 0.05) is 6.07 Å². The van der Waals surface area contributed by atoms with E-state index in [1.807, 2.05) is 0 Å². The molecule has 70 valence electrons. The largest absolute Gasteiger partial charge is 0.175 e. The van der Waals surface area contributed by atoms with Crippen LogP contribution in [0.2, 0.25) is 0 Å². The van der Waals surface area contributed by atoms with Crippen molar-refractivity contribution in [2.75, 3.05) is 0 Å². The fourth-order valence-electron chi connectivity index (χ4n) is 0.623. The van der Waals surface area contributed by atoms with Crippen LogP contribution >= 0.6 is 0 Å². The van der Waals surface area contributed by atoms with Gasteiger partial charge in [-0.05, 0) is 4.81 Å². The summed E-state index contributed by atoms with van der Waals surface area (Å²) >= 11 is 0. The van der Waals surface area contributed by atoms with Crippen molar-refractivity contribution in [2.45, 2.75) is 0 Å². The van der Waals surface area contributed by atoms with Crippen LogP contribution in [0.5, 0.6) is 0 Å². The number of rotatable bonds is 4. The Balaban J connectivity index is 3.01. The first-order valence-corrected chi connectivity index (χ1v) is 3.30. The highest BCUT2D eigenvalue weighted by molar-refractivity contribution is 5.20. The van der Waals surface area contributed by atoms with E-state index in [0.717, 1.165) is 4.81 Å². The summed E-state index contributed by atoms with van der Waals surface area (Å²) in [6.07, 6.45) is 2.76. The molecule has 0 spiro atoms. The summed E-state index contributed by atoms with van der Waals surface area (Å²) in [5, 5.41) is 22.2. The van der Waals surface area contributed by atoms with Crippen molar-refractivity contribution in [3.05, 3.63) is 18.5 Å². The van der Waals surface area contributed by atoms with E-state index < -0.39 is 0 Å². The average molecular weight is 193 g/mol. The lowest BCUT2D eigenvalue weighted by atomic mass is 10.5. The second-order valence-corrected chi connectivity index (χ2v) is 1.86. The molecule has 0 amide bonds. The lowest BCUT2D eigenvalue weighted by molar-refractivity contribution is -0.530. The molecule has 1 aromatic rings. The van der Waals surface area contributed by atoms with Crippen LogP contribution in [-0.4, -0.2) is 15.0 Å². The van der Waals surface area contributed by atoms with E-state index >= 15 is 0 Å². The zero-order valence-electron chi connectivity index (χ0n) is 6.81. The highest BCUT2D eigenvalue weighted by atomic mass is 15.7. The van der Waals surface area contributed by atoms with Gasteiger partial charge in [-0.1, -0.05) is 0 Å². The standard InChI is InChI=1S/C4H5N10/c5-9-11-13-14(12-10-6)4-1-2-7-8-3-4/h1-3,5-6H/q+1. The maximum Gasteiger partial charge on any atom is 0.175 e. The van der Waals surface area contributed by atoms with E-state index in [4.69, 9.17) is 11.1 Å². The molecule has 1 aromatic heterocycles. The molecular formula is C4H5N10+. The maximum absolute atomic E-state index is 6.52. The van der Waals surface area contributed by atoms with E-state index in [1.54, 1.807) is 0 Å². The zero-order chi connectivity index (χ0) is 10.2. The summed E-state index contributed by atoms with van der Waals surface area (Å²) in [7, 11) is 0. The molecule has 1 heterocycles. The van der Waals surface area contributed by atoms with Crippen LogP contribution in [0, 0.1) is 11.1 Å². The van der Waals surface area contributed by atoms with Gasteiger partial charge in [0.05, 0.1) is 17.6 Å². The molecule has 0 aromatic carbocycles. The third kappa shape index (κ3) is 2.51. The Morgan fingerprint density at radius 3 is 2.64 bits per heavy atom. The Hall–Kier alpha value is -2.52. The van der Waals surface area contributed by atoms with E-state index in [9.17, 15) is 0 Å². The van der Waals surface area contributed by atoms with Gasteiger partial charge in [0.25, 0.3) is 0 Å². The Kier molecular flexibility index (Phi) is 3.54. The summed E-state index contributed by atoms with van der Waals surface area (Å²) < 4.78 is 0. The first kappa shape index (κ1) is 9.57. The summed E-state index contributed by atoms with van der Waals surface area (Å²) in [4.78, 5) is 0.889. The zero-order valence-corrected chi connectivity index (χ0v) is 6.81. The van der Waals surface area contributed by atoms with Crippen LogP contribution in [0.3, 0.4) is 0 Å². The van der Waals surface area contributed by atoms with Crippen molar-refractivity contribution in [1.29, 1.82) is 11.1 Å². The third-order valence-electron chi connectivity index (χ3n) is 1.10. The third-order valence-corrected chi connectivity index (χ3v) is 1.10. The minimum atomic E-state index is 0.406.